The molecule has 2 aromatic carbocycles. The molecular formula is C25H21ClN4O5S. The quantitative estimate of drug-likeness (QED) is 0.295. The monoisotopic (exact) mass is 524 g/mol. The van der Waals surface area contributed by atoms with Gasteiger partial charge in [-0.2, -0.15) is 4.37 Å². The normalized spacial score (nSPS) is 14.6. The number of nitrogens with zero attached hydrogens (tertiary/aromatic N) is 3. The lowest BCUT2D eigenvalue weighted by Crippen LogP contribution is -2.37. The summed E-state index contributed by atoms with van der Waals surface area (Å²) in [5, 5.41) is 22.4. The van der Waals surface area contributed by atoms with Gasteiger partial charge in [0.2, 0.25) is 0 Å². The molecule has 5 rings (SSSR count). The first kappa shape index (κ1) is 24.0. The summed E-state index contributed by atoms with van der Waals surface area (Å²) >= 11 is 8.02. The Morgan fingerprint density at radius 3 is 2.83 bits per heavy atom. The SMILES string of the molecule is CC(CO)(N=Cc1cnc2c(Nc3cccc(-c4ccc5c(c4)OCCO5)c3Cl)nsc2c1)C(=O)O. The van der Waals surface area contributed by atoms with E-state index in [-0.39, 0.29) is 0 Å². The zero-order chi connectivity index (χ0) is 25.3. The van der Waals surface area contributed by atoms with Crippen LogP contribution in [0.15, 0.2) is 53.7 Å². The number of aliphatic carboxylic acids is 1. The fourth-order valence-electron chi connectivity index (χ4n) is 3.57. The van der Waals surface area contributed by atoms with Gasteiger partial charge in [0, 0.05) is 23.5 Å². The van der Waals surface area contributed by atoms with E-state index >= 15 is 0 Å². The Balaban J connectivity index is 1.41. The third kappa shape index (κ3) is 4.58. The number of aliphatic hydroxyl groups is 1. The highest BCUT2D eigenvalue weighted by atomic mass is 35.5. The molecule has 0 spiro atoms. The van der Waals surface area contributed by atoms with Crippen LogP contribution < -0.4 is 14.8 Å². The highest BCUT2D eigenvalue weighted by Gasteiger charge is 2.31. The molecule has 0 saturated carbocycles. The van der Waals surface area contributed by atoms with Gasteiger partial charge in [0.15, 0.2) is 22.9 Å². The summed E-state index contributed by atoms with van der Waals surface area (Å²) in [4.78, 5) is 19.8. The molecule has 9 nitrogen and oxygen atoms in total. The van der Waals surface area contributed by atoms with Gasteiger partial charge in [0.05, 0.1) is 22.0 Å². The van der Waals surface area contributed by atoms with E-state index in [2.05, 4.69) is 19.7 Å². The number of aliphatic hydroxyl groups excluding tert-OH is 1. The van der Waals surface area contributed by atoms with Gasteiger partial charge in [0.25, 0.3) is 0 Å². The first-order valence-electron chi connectivity index (χ1n) is 11.0. The van der Waals surface area contributed by atoms with Crippen LogP contribution in [-0.2, 0) is 4.79 Å². The summed E-state index contributed by atoms with van der Waals surface area (Å²) in [6.45, 7) is 1.76. The predicted octanol–water partition coefficient (Wildman–Crippen LogP) is 4.78. The zero-order valence-corrected chi connectivity index (χ0v) is 20.6. The second-order valence-electron chi connectivity index (χ2n) is 8.29. The van der Waals surface area contributed by atoms with Gasteiger partial charge >= 0.3 is 5.97 Å². The molecular weight excluding hydrogens is 504 g/mol. The number of nitrogens with one attached hydrogen (secondary N) is 1. The third-order valence-electron chi connectivity index (χ3n) is 5.71. The molecule has 3 N–H and O–H groups in total. The van der Waals surface area contributed by atoms with E-state index < -0.39 is 18.1 Å². The van der Waals surface area contributed by atoms with Crippen LogP contribution in [0.25, 0.3) is 21.3 Å². The lowest BCUT2D eigenvalue weighted by Gasteiger charge is -2.19. The van der Waals surface area contributed by atoms with E-state index in [9.17, 15) is 15.0 Å². The van der Waals surface area contributed by atoms with E-state index in [1.54, 1.807) is 6.20 Å². The van der Waals surface area contributed by atoms with Crippen molar-refractivity contribution in [2.75, 3.05) is 25.1 Å². The van der Waals surface area contributed by atoms with E-state index in [1.807, 2.05) is 42.5 Å². The molecule has 2 aromatic heterocycles. The maximum Gasteiger partial charge on any atom is 0.333 e. The van der Waals surface area contributed by atoms with E-state index in [4.69, 9.17) is 21.1 Å². The third-order valence-corrected chi connectivity index (χ3v) is 6.89. The molecule has 184 valence electrons. The summed E-state index contributed by atoms with van der Waals surface area (Å²) in [6.07, 6.45) is 2.95. The highest BCUT2D eigenvalue weighted by Crippen LogP contribution is 2.40. The summed E-state index contributed by atoms with van der Waals surface area (Å²) in [7, 11) is 0. The number of carboxylic acid groups (broad SMARTS) is 1. The Morgan fingerprint density at radius 2 is 2.06 bits per heavy atom. The number of hydrogen-bond acceptors (Lipinski definition) is 9. The molecule has 4 aromatic rings. The lowest BCUT2D eigenvalue weighted by molar-refractivity contribution is -0.143. The van der Waals surface area contributed by atoms with Crippen LogP contribution in [-0.4, -0.2) is 57.1 Å². The zero-order valence-electron chi connectivity index (χ0n) is 19.1. The number of anilines is 2. The molecule has 11 heteroatoms. The van der Waals surface area contributed by atoms with E-state index in [0.717, 1.165) is 15.8 Å². The van der Waals surface area contributed by atoms with Gasteiger partial charge in [0.1, 0.15) is 18.7 Å². The predicted molar refractivity (Wildman–Crippen MR) is 139 cm³/mol. The van der Waals surface area contributed by atoms with Gasteiger partial charge in [-0.25, -0.2) is 4.79 Å². The molecule has 3 heterocycles. The molecule has 36 heavy (non-hydrogen) atoms. The molecule has 0 aliphatic carbocycles. The molecule has 1 aliphatic heterocycles. The first-order chi connectivity index (χ1) is 17.4. The van der Waals surface area contributed by atoms with Crippen molar-refractivity contribution in [3.63, 3.8) is 0 Å². The lowest BCUT2D eigenvalue weighted by atomic mass is 10.0. The number of aliphatic imine (C=N–C) groups is 1. The molecule has 1 aliphatic rings. The Kier molecular flexibility index (Phi) is 6.48. The number of rotatable bonds is 7. The second kappa shape index (κ2) is 9.73. The fourth-order valence-corrected chi connectivity index (χ4v) is 4.60. The largest absolute Gasteiger partial charge is 0.486 e. The van der Waals surface area contributed by atoms with Crippen LogP contribution in [0.1, 0.15) is 12.5 Å². The van der Waals surface area contributed by atoms with Crippen LogP contribution >= 0.6 is 23.1 Å². The van der Waals surface area contributed by atoms with Crippen molar-refractivity contribution < 1.29 is 24.5 Å². The summed E-state index contributed by atoms with van der Waals surface area (Å²) in [5.41, 5.74) is 2.01. The standard InChI is InChI=1S/C25H21ClN4O5S/c1-25(13-31,24(32)33)28-12-14-9-20-22(27-11-14)23(30-36-20)29-17-4-2-3-16(21(17)26)15-5-6-18-19(10-15)35-8-7-34-18/h2-6,9-12,31H,7-8,13H2,1H3,(H,29,30)(H,32,33). The smallest absolute Gasteiger partial charge is 0.333 e. The Morgan fingerprint density at radius 1 is 1.25 bits per heavy atom. The van der Waals surface area contributed by atoms with Crippen molar-refractivity contribution in [2.45, 2.75) is 12.5 Å². The highest BCUT2D eigenvalue weighted by molar-refractivity contribution is 7.13. The van der Waals surface area contributed by atoms with E-state index in [0.29, 0.717) is 52.3 Å². The van der Waals surface area contributed by atoms with Crippen LogP contribution in [0.3, 0.4) is 0 Å². The first-order valence-corrected chi connectivity index (χ1v) is 12.1. The van der Waals surface area contributed by atoms with Gasteiger partial charge < -0.3 is 25.0 Å². The summed E-state index contributed by atoms with van der Waals surface area (Å²) in [6, 6.07) is 13.2. The number of ether oxygens (including phenoxy) is 2. The van der Waals surface area contributed by atoms with Gasteiger partial charge in [-0.3, -0.25) is 9.98 Å². The van der Waals surface area contributed by atoms with Gasteiger partial charge in [-0.15, -0.1) is 0 Å². The number of pyridine rings is 1. The average Bonchev–Trinajstić information content (AvgIpc) is 3.30. The Bertz CT molecular complexity index is 1490. The summed E-state index contributed by atoms with van der Waals surface area (Å²) in [5.74, 6) is 0.731. The average molecular weight is 525 g/mol. The maximum absolute atomic E-state index is 11.3. The molecule has 0 saturated heterocycles. The number of halogens is 1. The molecule has 0 bridgehead atoms. The van der Waals surface area contributed by atoms with Gasteiger partial charge in [-0.05, 0) is 48.3 Å². The van der Waals surface area contributed by atoms with Crippen molar-refractivity contribution in [3.8, 4) is 22.6 Å². The van der Waals surface area contributed by atoms with Gasteiger partial charge in [-0.1, -0.05) is 29.8 Å². The second-order valence-corrected chi connectivity index (χ2v) is 9.48. The van der Waals surface area contributed by atoms with Crippen molar-refractivity contribution in [3.05, 3.63) is 59.2 Å². The number of benzene rings is 2. The molecule has 0 amide bonds. The fraction of sp³-hybridized carbons (Fsp3) is 0.200. The minimum atomic E-state index is -1.62. The number of carbonyl (C=O) groups is 1. The Hall–Kier alpha value is -3.73. The van der Waals surface area contributed by atoms with Crippen molar-refractivity contribution in [1.82, 2.24) is 9.36 Å². The van der Waals surface area contributed by atoms with Crippen molar-refractivity contribution in [1.29, 1.82) is 0 Å². The molecule has 0 radical (unpaired) electrons. The van der Waals surface area contributed by atoms with Crippen LogP contribution in [0.2, 0.25) is 5.02 Å². The molecule has 0 fully saturated rings. The van der Waals surface area contributed by atoms with Crippen molar-refractivity contribution >= 4 is 57.0 Å². The summed E-state index contributed by atoms with van der Waals surface area (Å²) < 4.78 is 16.6. The maximum atomic E-state index is 11.3. The minimum absolute atomic E-state index is 0.504. The number of carboxylic acids is 1. The minimum Gasteiger partial charge on any atom is -0.486 e. The van der Waals surface area contributed by atoms with Crippen LogP contribution in [0, 0.1) is 0 Å². The Labute approximate surface area is 215 Å². The van der Waals surface area contributed by atoms with Crippen LogP contribution in [0.4, 0.5) is 11.5 Å². The van der Waals surface area contributed by atoms with Crippen LogP contribution in [0.5, 0.6) is 11.5 Å². The van der Waals surface area contributed by atoms with Crippen molar-refractivity contribution in [2.24, 2.45) is 4.99 Å². The number of aromatic nitrogens is 2. The van der Waals surface area contributed by atoms with E-state index in [1.165, 1.54) is 24.7 Å². The number of hydrogen-bond donors (Lipinski definition) is 3. The number of fused-ring (bicyclic) bond motifs is 2. The molecule has 1 atom stereocenters. The molecule has 1 unspecified atom stereocenters. The topological polar surface area (TPSA) is 126 Å².